The fraction of sp³-hybridized carbons (Fsp3) is 0.107. The summed E-state index contributed by atoms with van der Waals surface area (Å²) in [5.74, 6) is 2.00. The number of ether oxygens (including phenoxy) is 3. The molecule has 0 atom stereocenters. The number of carbonyl (C=O) groups is 1. The average Bonchev–Trinajstić information content (AvgIpc) is 2.85. The van der Waals surface area contributed by atoms with Gasteiger partial charge in [0.05, 0.1) is 14.2 Å². The van der Waals surface area contributed by atoms with Crippen LogP contribution in [0.4, 0.5) is 0 Å². The van der Waals surface area contributed by atoms with E-state index in [2.05, 4.69) is 6.58 Å². The summed E-state index contributed by atoms with van der Waals surface area (Å²) < 4.78 is 16.5. The molecule has 0 aliphatic carbocycles. The minimum absolute atomic E-state index is 0.0755. The first kappa shape index (κ1) is 22.6. The first-order chi connectivity index (χ1) is 15.6. The second kappa shape index (κ2) is 11.4. The zero-order valence-corrected chi connectivity index (χ0v) is 18.3. The summed E-state index contributed by atoms with van der Waals surface area (Å²) in [5, 5.41) is 0. The summed E-state index contributed by atoms with van der Waals surface area (Å²) in [6.45, 7) is 4.12. The van der Waals surface area contributed by atoms with Gasteiger partial charge in [0.25, 0.3) is 0 Å². The van der Waals surface area contributed by atoms with Crippen LogP contribution < -0.4 is 14.2 Å². The van der Waals surface area contributed by atoms with Crippen LogP contribution in [0.3, 0.4) is 0 Å². The van der Waals surface area contributed by atoms with E-state index in [1.807, 2.05) is 60.7 Å². The third-order valence-electron chi connectivity index (χ3n) is 4.77. The SMILES string of the molecule is C=CCOc1ccc(/C=C/c2cc(OC)cc(OC)c2/C=C/C(=O)c2ccccc2)cc1. The molecule has 0 aliphatic heterocycles. The molecule has 0 amide bonds. The smallest absolute Gasteiger partial charge is 0.185 e. The summed E-state index contributed by atoms with van der Waals surface area (Å²) in [6.07, 6.45) is 9.00. The van der Waals surface area contributed by atoms with Crippen LogP contribution in [0.2, 0.25) is 0 Å². The average molecular weight is 427 g/mol. The van der Waals surface area contributed by atoms with Crippen molar-refractivity contribution >= 4 is 24.0 Å². The molecule has 3 rings (SSSR count). The van der Waals surface area contributed by atoms with Crippen LogP contribution in [-0.2, 0) is 0 Å². The molecule has 0 heterocycles. The highest BCUT2D eigenvalue weighted by atomic mass is 16.5. The Bertz CT molecular complexity index is 1110. The Kier molecular flexibility index (Phi) is 8.04. The van der Waals surface area contributed by atoms with E-state index in [0.717, 1.165) is 22.4 Å². The zero-order chi connectivity index (χ0) is 22.8. The standard InChI is InChI=1S/C28H26O4/c1-4-18-32-24-14-11-21(12-15-24)10-13-23-19-25(30-2)20-28(31-3)26(23)16-17-27(29)22-8-6-5-7-9-22/h4-17,19-20H,1,18H2,2-3H3/b13-10+,17-16+. The molecule has 3 aromatic carbocycles. The van der Waals surface area contributed by atoms with E-state index >= 15 is 0 Å². The molecule has 0 fully saturated rings. The molecule has 0 aliphatic rings. The van der Waals surface area contributed by atoms with Crippen molar-refractivity contribution in [1.29, 1.82) is 0 Å². The van der Waals surface area contributed by atoms with Gasteiger partial charge in [0.15, 0.2) is 5.78 Å². The van der Waals surface area contributed by atoms with Gasteiger partial charge >= 0.3 is 0 Å². The molecule has 0 spiro atoms. The van der Waals surface area contributed by atoms with Crippen molar-refractivity contribution in [2.24, 2.45) is 0 Å². The van der Waals surface area contributed by atoms with Gasteiger partial charge in [0, 0.05) is 17.2 Å². The molecule has 4 heteroatoms. The maximum atomic E-state index is 12.5. The van der Waals surface area contributed by atoms with Crippen LogP contribution in [-0.4, -0.2) is 26.6 Å². The number of rotatable bonds is 10. The maximum Gasteiger partial charge on any atom is 0.185 e. The quantitative estimate of drug-likeness (QED) is 0.164. The van der Waals surface area contributed by atoms with Gasteiger partial charge < -0.3 is 14.2 Å². The van der Waals surface area contributed by atoms with Crippen molar-refractivity contribution in [2.45, 2.75) is 0 Å². The number of hydrogen-bond acceptors (Lipinski definition) is 4. The molecule has 0 bridgehead atoms. The van der Waals surface area contributed by atoms with Gasteiger partial charge in [-0.25, -0.2) is 0 Å². The number of benzene rings is 3. The summed E-state index contributed by atoms with van der Waals surface area (Å²) in [7, 11) is 3.21. The molecule has 0 aromatic heterocycles. The third kappa shape index (κ3) is 5.99. The second-order valence-corrected chi connectivity index (χ2v) is 6.90. The van der Waals surface area contributed by atoms with Gasteiger partial charge in [-0.2, -0.15) is 0 Å². The van der Waals surface area contributed by atoms with Gasteiger partial charge in [0.2, 0.25) is 0 Å². The number of methoxy groups -OCH3 is 2. The number of carbonyl (C=O) groups excluding carboxylic acids is 1. The molecular weight excluding hydrogens is 400 g/mol. The second-order valence-electron chi connectivity index (χ2n) is 6.90. The lowest BCUT2D eigenvalue weighted by Crippen LogP contribution is -1.96. The van der Waals surface area contributed by atoms with Gasteiger partial charge in [-0.1, -0.05) is 67.3 Å². The Balaban J connectivity index is 1.91. The van der Waals surface area contributed by atoms with Crippen LogP contribution in [0.5, 0.6) is 17.2 Å². The lowest BCUT2D eigenvalue weighted by atomic mass is 10.0. The molecule has 0 unspecified atom stereocenters. The lowest BCUT2D eigenvalue weighted by Gasteiger charge is -2.11. The Morgan fingerprint density at radius 1 is 0.875 bits per heavy atom. The molecule has 0 radical (unpaired) electrons. The van der Waals surface area contributed by atoms with E-state index in [1.165, 1.54) is 0 Å². The van der Waals surface area contributed by atoms with E-state index in [-0.39, 0.29) is 5.78 Å². The molecule has 32 heavy (non-hydrogen) atoms. The van der Waals surface area contributed by atoms with Crippen molar-refractivity contribution in [3.8, 4) is 17.2 Å². The van der Waals surface area contributed by atoms with Gasteiger partial charge in [-0.3, -0.25) is 4.79 Å². The molecule has 0 N–H and O–H groups in total. The van der Waals surface area contributed by atoms with Crippen molar-refractivity contribution in [2.75, 3.05) is 20.8 Å². The first-order valence-corrected chi connectivity index (χ1v) is 10.2. The predicted molar refractivity (Wildman–Crippen MR) is 130 cm³/mol. The Morgan fingerprint density at radius 3 is 2.28 bits per heavy atom. The number of hydrogen-bond donors (Lipinski definition) is 0. The van der Waals surface area contributed by atoms with Gasteiger partial charge in [0.1, 0.15) is 23.9 Å². The molecule has 162 valence electrons. The molecular formula is C28H26O4. The zero-order valence-electron chi connectivity index (χ0n) is 18.3. The Morgan fingerprint density at radius 2 is 1.62 bits per heavy atom. The Hall–Kier alpha value is -4.05. The first-order valence-electron chi connectivity index (χ1n) is 10.2. The van der Waals surface area contributed by atoms with Crippen LogP contribution in [0.15, 0.2) is 85.5 Å². The molecule has 4 nitrogen and oxygen atoms in total. The fourth-order valence-corrected chi connectivity index (χ4v) is 3.10. The van der Waals surface area contributed by atoms with Gasteiger partial charge in [-0.05, 0) is 41.5 Å². The molecule has 0 saturated carbocycles. The van der Waals surface area contributed by atoms with Crippen LogP contribution in [0, 0.1) is 0 Å². The van der Waals surface area contributed by atoms with Crippen LogP contribution >= 0.6 is 0 Å². The van der Waals surface area contributed by atoms with Crippen LogP contribution in [0.1, 0.15) is 27.0 Å². The number of allylic oxidation sites excluding steroid dienone is 1. The largest absolute Gasteiger partial charge is 0.497 e. The van der Waals surface area contributed by atoms with Crippen molar-refractivity contribution in [3.05, 3.63) is 108 Å². The summed E-state index contributed by atoms with van der Waals surface area (Å²) >= 11 is 0. The summed E-state index contributed by atoms with van der Waals surface area (Å²) in [6, 6.07) is 20.6. The normalized spacial score (nSPS) is 10.9. The van der Waals surface area contributed by atoms with Crippen molar-refractivity contribution in [1.82, 2.24) is 0 Å². The Labute approximate surface area is 189 Å². The fourth-order valence-electron chi connectivity index (χ4n) is 3.10. The minimum atomic E-state index is -0.0755. The highest BCUT2D eigenvalue weighted by molar-refractivity contribution is 6.07. The molecule has 0 saturated heterocycles. The van der Waals surface area contributed by atoms with E-state index < -0.39 is 0 Å². The predicted octanol–water partition coefficient (Wildman–Crippen LogP) is 6.34. The summed E-state index contributed by atoms with van der Waals surface area (Å²) in [5.41, 5.74) is 3.30. The lowest BCUT2D eigenvalue weighted by molar-refractivity contribution is 0.104. The highest BCUT2D eigenvalue weighted by Crippen LogP contribution is 2.31. The molecule has 3 aromatic rings. The van der Waals surface area contributed by atoms with Crippen LogP contribution in [0.25, 0.3) is 18.2 Å². The minimum Gasteiger partial charge on any atom is -0.497 e. The highest BCUT2D eigenvalue weighted by Gasteiger charge is 2.10. The van der Waals surface area contributed by atoms with Gasteiger partial charge in [-0.15, -0.1) is 0 Å². The van der Waals surface area contributed by atoms with E-state index in [4.69, 9.17) is 14.2 Å². The van der Waals surface area contributed by atoms with E-state index in [0.29, 0.717) is 23.7 Å². The van der Waals surface area contributed by atoms with E-state index in [1.54, 1.807) is 50.6 Å². The van der Waals surface area contributed by atoms with Crippen molar-refractivity contribution in [3.63, 3.8) is 0 Å². The maximum absolute atomic E-state index is 12.5. The monoisotopic (exact) mass is 426 g/mol. The number of ketones is 1. The van der Waals surface area contributed by atoms with Crippen molar-refractivity contribution < 1.29 is 19.0 Å². The van der Waals surface area contributed by atoms with E-state index in [9.17, 15) is 4.79 Å². The topological polar surface area (TPSA) is 44.8 Å². The third-order valence-corrected chi connectivity index (χ3v) is 4.77. The summed E-state index contributed by atoms with van der Waals surface area (Å²) in [4.78, 5) is 12.5.